The second kappa shape index (κ2) is 4.70. The number of rotatable bonds is 5. The Morgan fingerprint density at radius 1 is 1.42 bits per heavy atom. The van der Waals surface area contributed by atoms with Crippen LogP contribution in [0.25, 0.3) is 0 Å². The molecule has 0 bridgehead atoms. The molecule has 0 unspecified atom stereocenters. The van der Waals surface area contributed by atoms with E-state index in [0.29, 0.717) is 4.31 Å². The zero-order valence-corrected chi connectivity index (χ0v) is 7.97. The van der Waals surface area contributed by atoms with Crippen LogP contribution in [0, 0.1) is 0 Å². The van der Waals surface area contributed by atoms with Gasteiger partial charge in [0, 0.05) is 21.3 Å². The van der Waals surface area contributed by atoms with Gasteiger partial charge in [-0.2, -0.15) is 12.7 Å². The number of nitrogens with zero attached hydrogens (tertiary/aromatic N) is 1. The molecular formula is C5H12FNO4S. The summed E-state index contributed by atoms with van der Waals surface area (Å²) in [5.74, 6) is 0. The molecule has 0 aliphatic carbocycles. The van der Waals surface area contributed by atoms with Crippen molar-refractivity contribution < 1.29 is 21.8 Å². The number of hydrogen-bond donors (Lipinski definition) is 0. The smallest absolute Gasteiger partial charge is 0.354 e. The van der Waals surface area contributed by atoms with E-state index in [-0.39, 0.29) is 6.54 Å². The lowest BCUT2D eigenvalue weighted by molar-refractivity contribution is -0.106. The topological polar surface area (TPSA) is 55.8 Å². The third-order valence-corrected chi connectivity index (χ3v) is 2.20. The molecule has 0 fully saturated rings. The van der Waals surface area contributed by atoms with Gasteiger partial charge in [-0.15, -0.1) is 0 Å². The van der Waals surface area contributed by atoms with Crippen LogP contribution in [0.3, 0.4) is 0 Å². The average molecular weight is 201 g/mol. The Kier molecular flexibility index (Phi) is 4.61. The summed E-state index contributed by atoms with van der Waals surface area (Å²) in [6, 6.07) is 0. The van der Waals surface area contributed by atoms with Crippen LogP contribution in [-0.4, -0.2) is 46.8 Å². The van der Waals surface area contributed by atoms with Crippen LogP contribution < -0.4 is 0 Å². The van der Waals surface area contributed by atoms with Crippen LogP contribution in [0.2, 0.25) is 0 Å². The molecule has 0 aromatic carbocycles. The van der Waals surface area contributed by atoms with E-state index in [2.05, 4.69) is 9.47 Å². The first-order valence-electron chi connectivity index (χ1n) is 3.13. The third-order valence-electron chi connectivity index (χ3n) is 1.30. The minimum Gasteiger partial charge on any atom is -0.354 e. The lowest BCUT2D eigenvalue weighted by Crippen LogP contribution is -2.33. The maximum atomic E-state index is 12.2. The monoisotopic (exact) mass is 201 g/mol. The highest BCUT2D eigenvalue weighted by Crippen LogP contribution is 2.02. The molecular weight excluding hydrogens is 189 g/mol. The molecule has 0 rings (SSSR count). The second-order valence-corrected chi connectivity index (χ2v) is 3.57. The van der Waals surface area contributed by atoms with Gasteiger partial charge >= 0.3 is 10.4 Å². The SMILES string of the molecule is COC(CN(C)S(=O)(=O)F)OC. The molecule has 0 spiro atoms. The van der Waals surface area contributed by atoms with Crippen LogP contribution in [0.1, 0.15) is 0 Å². The summed E-state index contributed by atoms with van der Waals surface area (Å²) in [5.41, 5.74) is 0. The number of halogens is 1. The Bertz CT molecular complexity index is 213. The zero-order chi connectivity index (χ0) is 9.78. The Morgan fingerprint density at radius 3 is 2.08 bits per heavy atom. The molecule has 0 radical (unpaired) electrons. The third kappa shape index (κ3) is 3.96. The summed E-state index contributed by atoms with van der Waals surface area (Å²) in [4.78, 5) is 0. The Labute approximate surface area is 71.4 Å². The Hall–Kier alpha value is -0.240. The Morgan fingerprint density at radius 2 is 1.83 bits per heavy atom. The van der Waals surface area contributed by atoms with E-state index in [0.717, 1.165) is 7.05 Å². The standard InChI is InChI=1S/C5H12FNO4S/c1-7(12(6,8)9)4-5(10-2)11-3/h5H,4H2,1-3H3. The van der Waals surface area contributed by atoms with Crippen molar-refractivity contribution in [2.24, 2.45) is 0 Å². The van der Waals surface area contributed by atoms with E-state index in [9.17, 15) is 12.3 Å². The molecule has 0 saturated carbocycles. The molecule has 0 heterocycles. The fourth-order valence-electron chi connectivity index (χ4n) is 0.544. The predicted octanol–water partition coefficient (Wildman–Crippen LogP) is -0.249. The van der Waals surface area contributed by atoms with Gasteiger partial charge < -0.3 is 9.47 Å². The molecule has 12 heavy (non-hydrogen) atoms. The van der Waals surface area contributed by atoms with Crippen LogP contribution in [0.4, 0.5) is 3.89 Å². The molecule has 0 aliphatic rings. The molecule has 74 valence electrons. The molecule has 0 atom stereocenters. The first kappa shape index (κ1) is 11.8. The highest BCUT2D eigenvalue weighted by Gasteiger charge is 2.19. The average Bonchev–Trinajstić information content (AvgIpc) is 1.97. The van der Waals surface area contributed by atoms with Crippen molar-refractivity contribution >= 4 is 10.4 Å². The minimum absolute atomic E-state index is 0.175. The van der Waals surface area contributed by atoms with Crippen LogP contribution >= 0.6 is 0 Å². The van der Waals surface area contributed by atoms with Crippen LogP contribution in [0.15, 0.2) is 0 Å². The van der Waals surface area contributed by atoms with Gasteiger partial charge in [-0.3, -0.25) is 0 Å². The van der Waals surface area contributed by atoms with E-state index < -0.39 is 16.7 Å². The van der Waals surface area contributed by atoms with Crippen molar-refractivity contribution in [2.45, 2.75) is 6.29 Å². The summed E-state index contributed by atoms with van der Waals surface area (Å²) >= 11 is 0. The Balaban J connectivity index is 4.08. The number of likely N-dealkylation sites (N-methyl/N-ethyl adjacent to an activating group) is 1. The van der Waals surface area contributed by atoms with Crippen molar-refractivity contribution in [1.82, 2.24) is 4.31 Å². The van der Waals surface area contributed by atoms with Gasteiger partial charge in [0.05, 0.1) is 6.54 Å². The maximum absolute atomic E-state index is 12.2. The molecule has 0 aliphatic heterocycles. The molecule has 0 aromatic heterocycles. The van der Waals surface area contributed by atoms with Gasteiger partial charge in [0.1, 0.15) is 0 Å². The zero-order valence-electron chi connectivity index (χ0n) is 7.15. The fourth-order valence-corrected chi connectivity index (χ4v) is 0.844. The maximum Gasteiger partial charge on any atom is 0.374 e. The van der Waals surface area contributed by atoms with Crippen molar-refractivity contribution in [3.8, 4) is 0 Å². The molecule has 0 saturated heterocycles. The van der Waals surface area contributed by atoms with Gasteiger partial charge in [0.15, 0.2) is 6.29 Å². The number of ether oxygens (including phenoxy) is 2. The van der Waals surface area contributed by atoms with E-state index in [1.54, 1.807) is 0 Å². The summed E-state index contributed by atoms with van der Waals surface area (Å²) in [5, 5.41) is 0. The molecule has 0 aromatic rings. The predicted molar refractivity (Wildman–Crippen MR) is 40.5 cm³/mol. The van der Waals surface area contributed by atoms with E-state index in [1.807, 2.05) is 0 Å². The van der Waals surface area contributed by atoms with E-state index in [1.165, 1.54) is 14.2 Å². The summed E-state index contributed by atoms with van der Waals surface area (Å²) in [6.45, 7) is -0.175. The van der Waals surface area contributed by atoms with Crippen molar-refractivity contribution in [3.05, 3.63) is 0 Å². The lowest BCUT2D eigenvalue weighted by Gasteiger charge is -2.17. The largest absolute Gasteiger partial charge is 0.374 e. The summed E-state index contributed by atoms with van der Waals surface area (Å²) < 4.78 is 42.5. The van der Waals surface area contributed by atoms with Gasteiger partial charge in [0.2, 0.25) is 0 Å². The normalized spacial score (nSPS) is 12.8. The minimum atomic E-state index is -4.64. The van der Waals surface area contributed by atoms with E-state index >= 15 is 0 Å². The first-order chi connectivity index (χ1) is 5.41. The van der Waals surface area contributed by atoms with Gasteiger partial charge in [0.25, 0.3) is 0 Å². The molecule has 0 N–H and O–H groups in total. The van der Waals surface area contributed by atoms with Crippen molar-refractivity contribution in [1.29, 1.82) is 0 Å². The molecule has 5 nitrogen and oxygen atoms in total. The van der Waals surface area contributed by atoms with Gasteiger partial charge in [-0.25, -0.2) is 0 Å². The quantitative estimate of drug-likeness (QED) is 0.454. The van der Waals surface area contributed by atoms with Crippen molar-refractivity contribution in [3.63, 3.8) is 0 Å². The first-order valence-corrected chi connectivity index (χ1v) is 4.47. The lowest BCUT2D eigenvalue weighted by atomic mass is 10.6. The summed E-state index contributed by atoms with van der Waals surface area (Å²) in [6.07, 6.45) is -0.750. The van der Waals surface area contributed by atoms with Gasteiger partial charge in [-0.1, -0.05) is 3.89 Å². The highest BCUT2D eigenvalue weighted by molar-refractivity contribution is 7.83. The van der Waals surface area contributed by atoms with E-state index in [4.69, 9.17) is 0 Å². The summed E-state index contributed by atoms with van der Waals surface area (Å²) in [7, 11) is -0.867. The van der Waals surface area contributed by atoms with Crippen LogP contribution in [-0.2, 0) is 19.9 Å². The second-order valence-electron chi connectivity index (χ2n) is 2.12. The fraction of sp³-hybridized carbons (Fsp3) is 1.00. The molecule has 0 amide bonds. The van der Waals surface area contributed by atoms with Gasteiger partial charge in [-0.05, 0) is 0 Å². The number of methoxy groups -OCH3 is 2. The number of hydrogen-bond acceptors (Lipinski definition) is 4. The van der Waals surface area contributed by atoms with Crippen LogP contribution in [0.5, 0.6) is 0 Å². The highest BCUT2D eigenvalue weighted by atomic mass is 32.3. The van der Waals surface area contributed by atoms with Crippen molar-refractivity contribution in [2.75, 3.05) is 27.8 Å². The molecule has 7 heteroatoms.